The van der Waals surface area contributed by atoms with Crippen LogP contribution in [0.25, 0.3) is 0 Å². The van der Waals surface area contributed by atoms with Crippen molar-refractivity contribution in [3.05, 3.63) is 59.2 Å². The summed E-state index contributed by atoms with van der Waals surface area (Å²) in [6.07, 6.45) is 0.970. The maximum atomic E-state index is 12.5. The third-order valence-electron chi connectivity index (χ3n) is 3.76. The highest BCUT2D eigenvalue weighted by atomic mass is 16.3. The summed E-state index contributed by atoms with van der Waals surface area (Å²) >= 11 is 0. The highest BCUT2D eigenvalue weighted by molar-refractivity contribution is 5.94. The molecule has 2 N–H and O–H groups in total. The smallest absolute Gasteiger partial charge is 0.253 e. The van der Waals surface area contributed by atoms with Crippen molar-refractivity contribution in [2.45, 2.75) is 13.0 Å². The van der Waals surface area contributed by atoms with Crippen LogP contribution in [0.5, 0.6) is 5.75 Å². The molecule has 1 aliphatic heterocycles. The number of fused-ring (bicyclic) bond motifs is 1. The number of hydrogen-bond donors (Lipinski definition) is 2. The summed E-state index contributed by atoms with van der Waals surface area (Å²) in [7, 11) is 1.79. The van der Waals surface area contributed by atoms with Gasteiger partial charge >= 0.3 is 0 Å². The fourth-order valence-corrected chi connectivity index (χ4v) is 2.61. The van der Waals surface area contributed by atoms with Gasteiger partial charge in [-0.25, -0.2) is 0 Å². The van der Waals surface area contributed by atoms with Crippen LogP contribution in [0.3, 0.4) is 0 Å². The molecule has 2 aromatic rings. The van der Waals surface area contributed by atoms with E-state index in [0.29, 0.717) is 6.54 Å². The van der Waals surface area contributed by atoms with Crippen LogP contribution >= 0.6 is 0 Å². The maximum absolute atomic E-state index is 12.5. The zero-order valence-electron chi connectivity index (χ0n) is 12.0. The first-order chi connectivity index (χ1) is 10.1. The molecule has 1 aliphatic rings. The standard InChI is InChI=1S/C17H18N2O2/c1-19(11-12-2-5-15(20)6-3-12)17(21)14-4-7-16-13(10-14)8-9-18-16/h2-7,10,18,20H,8-9,11H2,1H3. The summed E-state index contributed by atoms with van der Waals surface area (Å²) in [5.74, 6) is 0.247. The minimum Gasteiger partial charge on any atom is -0.508 e. The number of nitrogens with one attached hydrogen (secondary N) is 1. The molecule has 4 nitrogen and oxygen atoms in total. The molecule has 0 aromatic heterocycles. The van der Waals surface area contributed by atoms with Crippen LogP contribution in [0, 0.1) is 0 Å². The Bertz CT molecular complexity index is 665. The van der Waals surface area contributed by atoms with E-state index >= 15 is 0 Å². The van der Waals surface area contributed by atoms with Crippen molar-refractivity contribution in [1.29, 1.82) is 0 Å². The average Bonchev–Trinajstić information content (AvgIpc) is 2.96. The first kappa shape index (κ1) is 13.5. The van der Waals surface area contributed by atoms with Crippen LogP contribution < -0.4 is 5.32 Å². The van der Waals surface area contributed by atoms with Crippen molar-refractivity contribution in [3.8, 4) is 5.75 Å². The largest absolute Gasteiger partial charge is 0.508 e. The zero-order chi connectivity index (χ0) is 14.8. The van der Waals surface area contributed by atoms with Crippen molar-refractivity contribution in [2.24, 2.45) is 0 Å². The summed E-state index contributed by atoms with van der Waals surface area (Å²) < 4.78 is 0. The van der Waals surface area contributed by atoms with E-state index in [1.807, 2.05) is 30.3 Å². The van der Waals surface area contributed by atoms with Gasteiger partial charge in [0.15, 0.2) is 0 Å². The maximum Gasteiger partial charge on any atom is 0.253 e. The lowest BCUT2D eigenvalue weighted by Crippen LogP contribution is -2.26. The van der Waals surface area contributed by atoms with Crippen molar-refractivity contribution >= 4 is 11.6 Å². The Morgan fingerprint density at radius 2 is 2.00 bits per heavy atom. The molecule has 1 amide bonds. The van der Waals surface area contributed by atoms with Crippen molar-refractivity contribution in [2.75, 3.05) is 18.9 Å². The molecule has 1 heterocycles. The van der Waals surface area contributed by atoms with Crippen LogP contribution in [-0.2, 0) is 13.0 Å². The highest BCUT2D eigenvalue weighted by Crippen LogP contribution is 2.23. The third kappa shape index (κ3) is 2.84. The molecule has 0 spiro atoms. The first-order valence-corrected chi connectivity index (χ1v) is 7.03. The molecule has 0 atom stereocenters. The minimum absolute atomic E-state index is 0.0118. The molecule has 0 unspecified atom stereocenters. The Kier molecular flexibility index (Phi) is 3.52. The number of anilines is 1. The summed E-state index contributed by atoms with van der Waals surface area (Å²) in [6, 6.07) is 12.7. The fourth-order valence-electron chi connectivity index (χ4n) is 2.61. The number of amides is 1. The Morgan fingerprint density at radius 1 is 1.24 bits per heavy atom. The lowest BCUT2D eigenvalue weighted by atomic mass is 10.1. The van der Waals surface area contributed by atoms with Crippen LogP contribution in [0.2, 0.25) is 0 Å². The molecule has 0 saturated heterocycles. The number of hydrogen-bond acceptors (Lipinski definition) is 3. The van der Waals surface area contributed by atoms with Gasteiger partial charge in [0.25, 0.3) is 5.91 Å². The highest BCUT2D eigenvalue weighted by Gasteiger charge is 2.16. The number of phenolic OH excluding ortho intramolecular Hbond substituents is 1. The zero-order valence-corrected chi connectivity index (χ0v) is 12.0. The molecule has 21 heavy (non-hydrogen) atoms. The first-order valence-electron chi connectivity index (χ1n) is 7.03. The second-order valence-corrected chi connectivity index (χ2v) is 5.38. The Morgan fingerprint density at radius 3 is 2.76 bits per heavy atom. The van der Waals surface area contributed by atoms with Crippen LogP contribution in [0.4, 0.5) is 5.69 Å². The topological polar surface area (TPSA) is 52.6 Å². The van der Waals surface area contributed by atoms with Gasteiger partial charge in [-0.15, -0.1) is 0 Å². The fraction of sp³-hybridized carbons (Fsp3) is 0.235. The lowest BCUT2D eigenvalue weighted by Gasteiger charge is -2.18. The van der Waals surface area contributed by atoms with Gasteiger partial charge in [-0.1, -0.05) is 12.1 Å². The minimum atomic E-state index is 0.0118. The van der Waals surface area contributed by atoms with E-state index < -0.39 is 0 Å². The van der Waals surface area contributed by atoms with E-state index in [9.17, 15) is 9.90 Å². The van der Waals surface area contributed by atoms with E-state index in [2.05, 4.69) is 5.32 Å². The van der Waals surface area contributed by atoms with E-state index in [1.165, 1.54) is 5.56 Å². The second kappa shape index (κ2) is 5.48. The van der Waals surface area contributed by atoms with Gasteiger partial charge in [-0.05, 0) is 47.9 Å². The number of aromatic hydroxyl groups is 1. The lowest BCUT2D eigenvalue weighted by molar-refractivity contribution is 0.0785. The van der Waals surface area contributed by atoms with Crippen LogP contribution in [0.1, 0.15) is 21.5 Å². The van der Waals surface area contributed by atoms with Crippen molar-refractivity contribution in [1.82, 2.24) is 4.90 Å². The number of rotatable bonds is 3. The van der Waals surface area contributed by atoms with E-state index in [1.54, 1.807) is 24.1 Å². The van der Waals surface area contributed by atoms with E-state index in [-0.39, 0.29) is 11.7 Å². The molecule has 2 aromatic carbocycles. The van der Waals surface area contributed by atoms with E-state index in [4.69, 9.17) is 0 Å². The van der Waals surface area contributed by atoms with Gasteiger partial charge in [0.05, 0.1) is 0 Å². The molecule has 108 valence electrons. The van der Waals surface area contributed by atoms with Gasteiger partial charge in [0, 0.05) is 31.4 Å². The van der Waals surface area contributed by atoms with Crippen LogP contribution in [0.15, 0.2) is 42.5 Å². The monoisotopic (exact) mass is 282 g/mol. The molecule has 0 saturated carbocycles. The summed E-state index contributed by atoms with van der Waals surface area (Å²) in [5, 5.41) is 12.6. The molecule has 3 rings (SSSR count). The molecule has 4 heteroatoms. The van der Waals surface area contributed by atoms with Crippen molar-refractivity contribution in [3.63, 3.8) is 0 Å². The van der Waals surface area contributed by atoms with Gasteiger partial charge in [-0.2, -0.15) is 0 Å². The molecule has 0 fully saturated rings. The normalized spacial score (nSPS) is 12.6. The summed E-state index contributed by atoms with van der Waals surface area (Å²) in [6.45, 7) is 1.46. The Labute approximate surface area is 124 Å². The van der Waals surface area contributed by atoms with Gasteiger partial charge in [0.2, 0.25) is 0 Å². The molecular weight excluding hydrogens is 264 g/mol. The number of phenols is 1. The third-order valence-corrected chi connectivity index (χ3v) is 3.76. The van der Waals surface area contributed by atoms with Gasteiger partial charge in [-0.3, -0.25) is 4.79 Å². The predicted molar refractivity (Wildman–Crippen MR) is 82.5 cm³/mol. The quantitative estimate of drug-likeness (QED) is 0.910. The Balaban J connectivity index is 1.73. The SMILES string of the molecule is CN(Cc1ccc(O)cc1)C(=O)c1ccc2c(c1)CCN2. The summed E-state index contributed by atoms with van der Waals surface area (Å²) in [5.41, 5.74) is 4.05. The predicted octanol–water partition coefficient (Wildman–Crippen LogP) is 2.63. The average molecular weight is 282 g/mol. The van der Waals surface area contributed by atoms with Gasteiger partial charge in [0.1, 0.15) is 5.75 Å². The molecule has 0 aliphatic carbocycles. The Hall–Kier alpha value is -2.49. The number of benzene rings is 2. The molecule has 0 radical (unpaired) electrons. The van der Waals surface area contributed by atoms with Crippen molar-refractivity contribution < 1.29 is 9.90 Å². The number of carbonyl (C=O) groups excluding carboxylic acids is 1. The summed E-state index contributed by atoms with van der Waals surface area (Å²) in [4.78, 5) is 14.2. The molecule has 0 bridgehead atoms. The second-order valence-electron chi connectivity index (χ2n) is 5.38. The molecular formula is C17H18N2O2. The van der Waals surface area contributed by atoms with Crippen LogP contribution in [-0.4, -0.2) is 29.5 Å². The number of nitrogens with zero attached hydrogens (tertiary/aromatic N) is 1. The number of carbonyl (C=O) groups is 1. The van der Waals surface area contributed by atoms with E-state index in [0.717, 1.165) is 29.8 Å². The van der Waals surface area contributed by atoms with Gasteiger partial charge < -0.3 is 15.3 Å².